The third-order valence-corrected chi connectivity index (χ3v) is 1.14. The summed E-state index contributed by atoms with van der Waals surface area (Å²) in [6.45, 7) is 1.20. The molecule has 7 nitrogen and oxygen atoms in total. The van der Waals surface area contributed by atoms with Crippen LogP contribution in [0.2, 0.25) is 0 Å². The van der Waals surface area contributed by atoms with Crippen molar-refractivity contribution < 1.29 is 25.0 Å². The second-order valence-corrected chi connectivity index (χ2v) is 2.14. The third kappa shape index (κ3) is 3.17. The zero-order valence-electron chi connectivity index (χ0n) is 6.31. The molecule has 0 aliphatic carbocycles. The molecule has 70 valence electrons. The summed E-state index contributed by atoms with van der Waals surface area (Å²) in [5.41, 5.74) is 1.18. The second-order valence-electron chi connectivity index (χ2n) is 2.14. The van der Waals surface area contributed by atoms with E-state index in [1.165, 1.54) is 12.4 Å². The monoisotopic (exact) mass is 178 g/mol. The highest BCUT2D eigenvalue weighted by molar-refractivity contribution is 5.82. The number of amides is 2. The fraction of sp³-hybridized carbons (Fsp3) is 0.600. The predicted octanol–water partition coefficient (Wildman–Crippen LogP) is -1.49. The summed E-state index contributed by atoms with van der Waals surface area (Å²) in [5, 5.41) is 27.1. The van der Waals surface area contributed by atoms with Gasteiger partial charge >= 0.3 is 12.0 Å². The van der Waals surface area contributed by atoms with Gasteiger partial charge in [0.25, 0.3) is 0 Å². The lowest BCUT2D eigenvalue weighted by molar-refractivity contribution is -0.141. The van der Waals surface area contributed by atoms with E-state index in [2.05, 4.69) is 0 Å². The molecule has 0 saturated carbocycles. The van der Waals surface area contributed by atoms with Gasteiger partial charge in [-0.3, -0.25) is 5.21 Å². The summed E-state index contributed by atoms with van der Waals surface area (Å²) in [6, 6.07) is -2.51. The molecule has 0 spiro atoms. The molecule has 0 aliphatic rings. The van der Waals surface area contributed by atoms with E-state index in [0.717, 1.165) is 0 Å². The molecule has 0 aromatic carbocycles. The van der Waals surface area contributed by atoms with E-state index in [4.69, 9.17) is 15.4 Å². The molecular weight excluding hydrogens is 168 g/mol. The maximum absolute atomic E-state index is 10.4. The smallest absolute Gasteiger partial charge is 0.339 e. The molecule has 7 heteroatoms. The van der Waals surface area contributed by atoms with Gasteiger partial charge in [0.1, 0.15) is 0 Å². The minimum atomic E-state index is -1.43. The number of carbonyl (C=O) groups is 2. The summed E-state index contributed by atoms with van der Waals surface area (Å²) in [5.74, 6) is -1.38. The maximum Gasteiger partial charge on any atom is 0.339 e. The Labute approximate surface area is 68.0 Å². The molecule has 0 aliphatic heterocycles. The lowest BCUT2D eigenvalue weighted by Crippen LogP contribution is -2.50. The van der Waals surface area contributed by atoms with Gasteiger partial charge in [0.05, 0.1) is 6.10 Å². The van der Waals surface area contributed by atoms with E-state index in [9.17, 15) is 9.59 Å². The van der Waals surface area contributed by atoms with E-state index in [0.29, 0.717) is 0 Å². The topological polar surface area (TPSA) is 119 Å². The number of hydrogen-bond donors (Lipinski definition) is 5. The Hall–Kier alpha value is -1.34. The van der Waals surface area contributed by atoms with Gasteiger partial charge < -0.3 is 15.5 Å². The summed E-state index contributed by atoms with van der Waals surface area (Å²) >= 11 is 0. The Morgan fingerprint density at radius 1 is 1.42 bits per heavy atom. The molecule has 0 heterocycles. The largest absolute Gasteiger partial charge is 0.480 e. The molecular formula is C5H10N2O5. The van der Waals surface area contributed by atoms with Crippen molar-refractivity contribution in [2.45, 2.75) is 19.1 Å². The van der Waals surface area contributed by atoms with Crippen molar-refractivity contribution >= 4 is 12.0 Å². The van der Waals surface area contributed by atoms with Gasteiger partial charge in [-0.2, -0.15) is 0 Å². The van der Waals surface area contributed by atoms with Crippen LogP contribution in [0.5, 0.6) is 0 Å². The second kappa shape index (κ2) is 4.52. The Bertz CT molecular complexity index is 181. The van der Waals surface area contributed by atoms with Crippen LogP contribution in [-0.2, 0) is 4.79 Å². The van der Waals surface area contributed by atoms with Crippen LogP contribution in [0, 0.1) is 0 Å². The zero-order valence-corrected chi connectivity index (χ0v) is 6.31. The first-order valence-electron chi connectivity index (χ1n) is 3.10. The molecule has 0 saturated heterocycles. The van der Waals surface area contributed by atoms with Gasteiger partial charge in [-0.1, -0.05) is 0 Å². The predicted molar refractivity (Wildman–Crippen MR) is 36.6 cm³/mol. The van der Waals surface area contributed by atoms with Crippen LogP contribution in [0.4, 0.5) is 4.79 Å². The first-order chi connectivity index (χ1) is 5.49. The van der Waals surface area contributed by atoms with Crippen molar-refractivity contribution in [1.29, 1.82) is 0 Å². The number of aliphatic carboxylic acids is 1. The minimum Gasteiger partial charge on any atom is -0.480 e. The number of aliphatic hydroxyl groups excluding tert-OH is 1. The minimum absolute atomic E-state index is 1.08. The van der Waals surface area contributed by atoms with Gasteiger partial charge in [-0.25, -0.2) is 15.1 Å². The van der Waals surface area contributed by atoms with Gasteiger partial charge in [0.15, 0.2) is 6.04 Å². The number of urea groups is 1. The number of rotatable bonds is 3. The van der Waals surface area contributed by atoms with Gasteiger partial charge in [0.2, 0.25) is 0 Å². The van der Waals surface area contributed by atoms with Gasteiger partial charge in [-0.05, 0) is 6.92 Å². The fourth-order valence-corrected chi connectivity index (χ4v) is 0.562. The molecule has 0 fully saturated rings. The quantitative estimate of drug-likeness (QED) is 0.266. The molecule has 5 N–H and O–H groups in total. The molecule has 0 radical (unpaired) electrons. The van der Waals surface area contributed by atoms with E-state index in [1.54, 1.807) is 0 Å². The molecule has 12 heavy (non-hydrogen) atoms. The lowest BCUT2D eigenvalue weighted by Gasteiger charge is -2.15. The van der Waals surface area contributed by atoms with Crippen LogP contribution in [-0.4, -0.2) is 39.6 Å². The summed E-state index contributed by atoms with van der Waals surface area (Å²) in [6.07, 6.45) is -1.24. The van der Waals surface area contributed by atoms with E-state index < -0.39 is 24.1 Å². The highest BCUT2D eigenvalue weighted by Gasteiger charge is 2.24. The average Bonchev–Trinajstić information content (AvgIpc) is 1.98. The number of carbonyl (C=O) groups excluding carboxylic acids is 1. The molecule has 0 aromatic heterocycles. The molecule has 2 amide bonds. The van der Waals surface area contributed by atoms with Crippen LogP contribution in [0.3, 0.4) is 0 Å². The highest BCUT2D eigenvalue weighted by Crippen LogP contribution is 1.91. The number of hydroxylamine groups is 1. The average molecular weight is 178 g/mol. The Kier molecular flexibility index (Phi) is 4.02. The number of carboxylic acid groups (broad SMARTS) is 1. The van der Waals surface area contributed by atoms with Crippen LogP contribution >= 0.6 is 0 Å². The van der Waals surface area contributed by atoms with Gasteiger partial charge in [0, 0.05) is 0 Å². The first kappa shape index (κ1) is 10.7. The van der Waals surface area contributed by atoms with Crippen molar-refractivity contribution in [2.75, 3.05) is 0 Å². The SMILES string of the molecule is CC(O)C(NC(=O)NO)C(=O)O. The number of nitrogens with one attached hydrogen (secondary N) is 2. The maximum atomic E-state index is 10.4. The fourth-order valence-electron chi connectivity index (χ4n) is 0.562. The standard InChI is InChI=1S/C5H10N2O5/c1-2(8)3(4(9)10)6-5(11)7-12/h2-3,8,12H,1H3,(H,9,10)(H2,6,7,11). The molecule has 2 atom stereocenters. The van der Waals surface area contributed by atoms with Crippen LogP contribution in [0.25, 0.3) is 0 Å². The van der Waals surface area contributed by atoms with E-state index in [-0.39, 0.29) is 0 Å². The van der Waals surface area contributed by atoms with Crippen molar-refractivity contribution in [3.8, 4) is 0 Å². The van der Waals surface area contributed by atoms with E-state index >= 15 is 0 Å². The lowest BCUT2D eigenvalue weighted by atomic mass is 10.2. The van der Waals surface area contributed by atoms with Crippen molar-refractivity contribution in [3.63, 3.8) is 0 Å². The van der Waals surface area contributed by atoms with Gasteiger partial charge in [-0.15, -0.1) is 0 Å². The van der Waals surface area contributed by atoms with Crippen LogP contribution < -0.4 is 10.8 Å². The number of hydrogen-bond acceptors (Lipinski definition) is 4. The van der Waals surface area contributed by atoms with Crippen LogP contribution in [0.1, 0.15) is 6.92 Å². The molecule has 0 rings (SSSR count). The third-order valence-electron chi connectivity index (χ3n) is 1.14. The molecule has 0 aromatic rings. The summed E-state index contributed by atoms with van der Waals surface area (Å²) in [4.78, 5) is 20.7. The Morgan fingerprint density at radius 2 is 1.92 bits per heavy atom. The first-order valence-corrected chi connectivity index (χ1v) is 3.10. The normalized spacial score (nSPS) is 14.6. The molecule has 2 unspecified atom stereocenters. The highest BCUT2D eigenvalue weighted by atomic mass is 16.5. The Balaban J connectivity index is 4.14. The summed E-state index contributed by atoms with van der Waals surface area (Å²) < 4.78 is 0. The number of carboxylic acids is 1. The zero-order chi connectivity index (χ0) is 9.72. The van der Waals surface area contributed by atoms with Crippen molar-refractivity contribution in [2.24, 2.45) is 0 Å². The van der Waals surface area contributed by atoms with Crippen molar-refractivity contribution in [1.82, 2.24) is 10.8 Å². The van der Waals surface area contributed by atoms with Crippen LogP contribution in [0.15, 0.2) is 0 Å². The number of aliphatic hydroxyl groups is 1. The van der Waals surface area contributed by atoms with Crippen molar-refractivity contribution in [3.05, 3.63) is 0 Å². The van der Waals surface area contributed by atoms with E-state index in [1.807, 2.05) is 5.32 Å². The Morgan fingerprint density at radius 3 is 2.17 bits per heavy atom. The summed E-state index contributed by atoms with van der Waals surface area (Å²) in [7, 11) is 0. The molecule has 0 bridgehead atoms.